The van der Waals surface area contributed by atoms with Crippen molar-refractivity contribution in [2.75, 3.05) is 11.1 Å². The van der Waals surface area contributed by atoms with E-state index < -0.39 is 0 Å². The molecule has 0 fully saturated rings. The van der Waals surface area contributed by atoms with Crippen molar-refractivity contribution in [3.05, 3.63) is 47.9 Å². The molecule has 1 aromatic carbocycles. The van der Waals surface area contributed by atoms with Crippen LogP contribution in [0.2, 0.25) is 0 Å². The number of benzene rings is 1. The molecule has 0 amide bonds. The fourth-order valence-electron chi connectivity index (χ4n) is 1.29. The average molecular weight is 218 g/mol. The predicted molar refractivity (Wildman–Crippen MR) is 60.2 cm³/mol. The molecule has 2 aromatic rings. The van der Waals surface area contributed by atoms with Gasteiger partial charge in [0.1, 0.15) is 11.6 Å². The molecule has 0 aliphatic carbocycles. The third-order valence-corrected chi connectivity index (χ3v) is 2.02. The Morgan fingerprint density at radius 3 is 2.94 bits per heavy atom. The number of nitrogens with zero attached hydrogens (tertiary/aromatic N) is 2. The first-order valence-corrected chi connectivity index (χ1v) is 4.81. The van der Waals surface area contributed by atoms with Crippen molar-refractivity contribution in [3.8, 4) is 0 Å². The highest BCUT2D eigenvalue weighted by molar-refractivity contribution is 5.35. The lowest BCUT2D eigenvalue weighted by atomic mass is 10.2. The lowest BCUT2D eigenvalue weighted by molar-refractivity contribution is 0.626. The Morgan fingerprint density at radius 1 is 1.31 bits per heavy atom. The molecule has 2 rings (SSSR count). The van der Waals surface area contributed by atoms with Gasteiger partial charge in [-0.2, -0.15) is 4.98 Å². The van der Waals surface area contributed by atoms with Crippen molar-refractivity contribution in [2.24, 2.45) is 0 Å². The molecule has 0 aliphatic heterocycles. The van der Waals surface area contributed by atoms with E-state index in [1.807, 2.05) is 6.07 Å². The van der Waals surface area contributed by atoms with Gasteiger partial charge < -0.3 is 11.1 Å². The molecule has 0 atom stereocenters. The van der Waals surface area contributed by atoms with E-state index in [4.69, 9.17) is 5.73 Å². The molecular weight excluding hydrogens is 207 g/mol. The second kappa shape index (κ2) is 4.57. The Bertz CT molecular complexity index is 441. The Kier molecular flexibility index (Phi) is 2.95. The predicted octanol–water partition coefficient (Wildman–Crippen LogP) is 1.81. The molecule has 3 N–H and O–H groups in total. The molecule has 82 valence electrons. The number of nitrogens with one attached hydrogen (secondary N) is 1. The summed E-state index contributed by atoms with van der Waals surface area (Å²) in [7, 11) is 0. The summed E-state index contributed by atoms with van der Waals surface area (Å²) in [5, 5.41) is 2.96. The average Bonchev–Trinajstić information content (AvgIpc) is 2.27. The molecule has 0 saturated heterocycles. The molecule has 5 heteroatoms. The van der Waals surface area contributed by atoms with Crippen LogP contribution < -0.4 is 11.1 Å². The second-order valence-corrected chi connectivity index (χ2v) is 3.29. The first-order chi connectivity index (χ1) is 7.74. The molecule has 0 radical (unpaired) electrons. The number of nitrogens with two attached hydrogens (primary N) is 1. The maximum Gasteiger partial charge on any atom is 0.224 e. The summed E-state index contributed by atoms with van der Waals surface area (Å²) in [5.74, 6) is 0.578. The summed E-state index contributed by atoms with van der Waals surface area (Å²) in [6, 6.07) is 7.95. The van der Waals surface area contributed by atoms with Crippen LogP contribution in [-0.4, -0.2) is 9.97 Å². The Hall–Kier alpha value is -2.17. The molecule has 1 aromatic heterocycles. The summed E-state index contributed by atoms with van der Waals surface area (Å²) in [6.07, 6.45) is 1.57. The van der Waals surface area contributed by atoms with Gasteiger partial charge in [-0.15, -0.1) is 0 Å². The zero-order valence-electron chi connectivity index (χ0n) is 8.52. The van der Waals surface area contributed by atoms with Gasteiger partial charge in [-0.3, -0.25) is 0 Å². The number of hydrogen-bond donors (Lipinski definition) is 2. The fraction of sp³-hybridized carbons (Fsp3) is 0.0909. The van der Waals surface area contributed by atoms with Gasteiger partial charge in [0.15, 0.2) is 0 Å². The zero-order chi connectivity index (χ0) is 11.4. The van der Waals surface area contributed by atoms with E-state index in [2.05, 4.69) is 15.3 Å². The van der Waals surface area contributed by atoms with E-state index in [-0.39, 0.29) is 5.82 Å². The SMILES string of the molecule is Nc1ccnc(NCc2cccc(F)c2)n1. The summed E-state index contributed by atoms with van der Waals surface area (Å²) in [5.41, 5.74) is 6.33. The molecule has 4 nitrogen and oxygen atoms in total. The van der Waals surface area contributed by atoms with Gasteiger partial charge in [0.25, 0.3) is 0 Å². The van der Waals surface area contributed by atoms with E-state index in [0.717, 1.165) is 5.56 Å². The largest absolute Gasteiger partial charge is 0.384 e. The maximum absolute atomic E-state index is 12.9. The Balaban J connectivity index is 2.02. The maximum atomic E-state index is 12.9. The summed E-state index contributed by atoms with van der Waals surface area (Å²) in [4.78, 5) is 7.95. The van der Waals surface area contributed by atoms with Crippen LogP contribution in [0.15, 0.2) is 36.5 Å². The van der Waals surface area contributed by atoms with E-state index in [0.29, 0.717) is 18.3 Å². The number of aromatic nitrogens is 2. The molecule has 0 bridgehead atoms. The minimum atomic E-state index is -0.257. The number of nitrogen functional groups attached to an aromatic ring is 1. The van der Waals surface area contributed by atoms with Crippen LogP contribution in [0.1, 0.15) is 5.56 Å². The quantitative estimate of drug-likeness (QED) is 0.824. The van der Waals surface area contributed by atoms with Crippen molar-refractivity contribution in [2.45, 2.75) is 6.54 Å². The van der Waals surface area contributed by atoms with E-state index in [1.54, 1.807) is 18.3 Å². The van der Waals surface area contributed by atoms with Crippen LogP contribution in [0.5, 0.6) is 0 Å². The van der Waals surface area contributed by atoms with Crippen LogP contribution in [0.25, 0.3) is 0 Å². The lowest BCUT2D eigenvalue weighted by Crippen LogP contribution is -2.04. The minimum Gasteiger partial charge on any atom is -0.384 e. The first-order valence-electron chi connectivity index (χ1n) is 4.81. The smallest absolute Gasteiger partial charge is 0.224 e. The lowest BCUT2D eigenvalue weighted by Gasteiger charge is -2.04. The highest BCUT2D eigenvalue weighted by Gasteiger charge is 1.98. The van der Waals surface area contributed by atoms with Crippen LogP contribution in [0.3, 0.4) is 0 Å². The van der Waals surface area contributed by atoms with Crippen LogP contribution >= 0.6 is 0 Å². The fourth-order valence-corrected chi connectivity index (χ4v) is 1.29. The molecular formula is C11H11FN4. The number of hydrogen-bond acceptors (Lipinski definition) is 4. The van der Waals surface area contributed by atoms with E-state index >= 15 is 0 Å². The third-order valence-electron chi connectivity index (χ3n) is 2.02. The Morgan fingerprint density at radius 2 is 2.19 bits per heavy atom. The van der Waals surface area contributed by atoms with Crippen LogP contribution in [0, 0.1) is 5.82 Å². The van der Waals surface area contributed by atoms with Gasteiger partial charge in [0.05, 0.1) is 0 Å². The van der Waals surface area contributed by atoms with Crippen molar-refractivity contribution in [3.63, 3.8) is 0 Å². The van der Waals surface area contributed by atoms with Gasteiger partial charge in [-0.05, 0) is 23.8 Å². The van der Waals surface area contributed by atoms with Gasteiger partial charge >= 0.3 is 0 Å². The number of halogens is 1. The summed E-state index contributed by atoms with van der Waals surface area (Å²) >= 11 is 0. The monoisotopic (exact) mass is 218 g/mol. The second-order valence-electron chi connectivity index (χ2n) is 3.29. The standard InChI is InChI=1S/C11H11FN4/c12-9-3-1-2-8(6-9)7-15-11-14-5-4-10(13)16-11/h1-6H,7H2,(H3,13,14,15,16). The topological polar surface area (TPSA) is 63.8 Å². The zero-order valence-corrected chi connectivity index (χ0v) is 8.52. The van der Waals surface area contributed by atoms with E-state index in [1.165, 1.54) is 12.1 Å². The van der Waals surface area contributed by atoms with Gasteiger partial charge in [0.2, 0.25) is 5.95 Å². The highest BCUT2D eigenvalue weighted by Crippen LogP contribution is 2.07. The van der Waals surface area contributed by atoms with Crippen molar-refractivity contribution in [1.29, 1.82) is 0 Å². The van der Waals surface area contributed by atoms with Gasteiger partial charge in [-0.1, -0.05) is 12.1 Å². The van der Waals surface area contributed by atoms with Crippen molar-refractivity contribution < 1.29 is 4.39 Å². The van der Waals surface area contributed by atoms with Crippen LogP contribution in [0.4, 0.5) is 16.2 Å². The number of rotatable bonds is 3. The number of anilines is 2. The Labute approximate surface area is 92.3 Å². The molecule has 0 spiro atoms. The molecule has 16 heavy (non-hydrogen) atoms. The van der Waals surface area contributed by atoms with Crippen LogP contribution in [-0.2, 0) is 6.54 Å². The summed E-state index contributed by atoms with van der Waals surface area (Å²) in [6.45, 7) is 0.460. The first kappa shape index (κ1) is 10.4. The summed E-state index contributed by atoms with van der Waals surface area (Å²) < 4.78 is 12.9. The molecule has 0 saturated carbocycles. The van der Waals surface area contributed by atoms with Gasteiger partial charge in [-0.25, -0.2) is 9.37 Å². The normalized spacial score (nSPS) is 10.1. The van der Waals surface area contributed by atoms with Gasteiger partial charge in [0, 0.05) is 12.7 Å². The van der Waals surface area contributed by atoms with Crippen molar-refractivity contribution >= 4 is 11.8 Å². The van der Waals surface area contributed by atoms with E-state index in [9.17, 15) is 4.39 Å². The molecule has 0 unspecified atom stereocenters. The van der Waals surface area contributed by atoms with Crippen molar-refractivity contribution in [1.82, 2.24) is 9.97 Å². The highest BCUT2D eigenvalue weighted by atomic mass is 19.1. The molecule has 1 heterocycles. The molecule has 0 aliphatic rings. The third kappa shape index (κ3) is 2.66. The minimum absolute atomic E-state index is 0.257.